The first-order valence-corrected chi connectivity index (χ1v) is 9.21. The number of halogens is 1. The summed E-state index contributed by atoms with van der Waals surface area (Å²) in [6, 6.07) is 15.0. The first-order valence-electron chi connectivity index (χ1n) is 7.43. The van der Waals surface area contributed by atoms with Crippen LogP contribution in [0.1, 0.15) is 15.9 Å². The van der Waals surface area contributed by atoms with Gasteiger partial charge < -0.3 is 10.1 Å². The molecule has 0 aliphatic rings. The predicted octanol–water partition coefficient (Wildman–Crippen LogP) is 3.82. The fourth-order valence-corrected chi connectivity index (χ4v) is 2.88. The Morgan fingerprint density at radius 1 is 1.08 bits per heavy atom. The lowest BCUT2D eigenvalue weighted by molar-refractivity contribution is -0.124. The highest BCUT2D eigenvalue weighted by Gasteiger charge is 2.09. The molecule has 4 nitrogen and oxygen atoms in total. The molecule has 0 saturated heterocycles. The molecule has 0 atom stereocenters. The van der Waals surface area contributed by atoms with Crippen LogP contribution in [0.3, 0.4) is 0 Å². The van der Waals surface area contributed by atoms with Gasteiger partial charge in [0.15, 0.2) is 6.61 Å². The summed E-state index contributed by atoms with van der Waals surface area (Å²) in [4.78, 5) is 24.6. The number of esters is 1. The summed E-state index contributed by atoms with van der Waals surface area (Å²) in [5.41, 5.74) is 1.51. The Morgan fingerprint density at radius 2 is 1.75 bits per heavy atom. The molecule has 0 aliphatic heterocycles. The molecule has 0 aromatic heterocycles. The zero-order chi connectivity index (χ0) is 17.4. The van der Waals surface area contributed by atoms with Gasteiger partial charge in [0.2, 0.25) is 0 Å². The van der Waals surface area contributed by atoms with Gasteiger partial charge in [-0.05, 0) is 43.3 Å². The fraction of sp³-hybridized carbons (Fsp3) is 0.222. The smallest absolute Gasteiger partial charge is 0.338 e. The lowest BCUT2D eigenvalue weighted by Crippen LogP contribution is -2.30. The van der Waals surface area contributed by atoms with E-state index in [0.717, 1.165) is 20.7 Å². The lowest BCUT2D eigenvalue weighted by Gasteiger charge is -2.07. The van der Waals surface area contributed by atoms with E-state index in [2.05, 4.69) is 21.2 Å². The minimum Gasteiger partial charge on any atom is -0.452 e. The Morgan fingerprint density at radius 3 is 2.42 bits per heavy atom. The monoisotopic (exact) mass is 407 g/mol. The van der Waals surface area contributed by atoms with Gasteiger partial charge in [-0.25, -0.2) is 4.79 Å². The van der Waals surface area contributed by atoms with Crippen LogP contribution in [0.2, 0.25) is 0 Å². The molecule has 2 rings (SSSR count). The highest BCUT2D eigenvalue weighted by atomic mass is 79.9. The number of carbonyl (C=O) groups excluding carboxylic acids is 2. The van der Waals surface area contributed by atoms with Gasteiger partial charge in [0, 0.05) is 21.7 Å². The first-order chi connectivity index (χ1) is 11.5. The third-order valence-corrected chi connectivity index (χ3v) is 4.67. The predicted molar refractivity (Wildman–Crippen MR) is 99.3 cm³/mol. The van der Waals surface area contributed by atoms with Crippen LogP contribution < -0.4 is 5.32 Å². The number of hydrogen-bond donors (Lipinski definition) is 1. The minimum atomic E-state index is -0.491. The molecule has 0 radical (unpaired) electrons. The third-order valence-electron chi connectivity index (χ3n) is 3.13. The van der Waals surface area contributed by atoms with E-state index < -0.39 is 5.97 Å². The van der Waals surface area contributed by atoms with Gasteiger partial charge in [-0.3, -0.25) is 4.79 Å². The van der Waals surface area contributed by atoms with E-state index in [-0.39, 0.29) is 12.5 Å². The molecule has 0 saturated carbocycles. The van der Waals surface area contributed by atoms with E-state index >= 15 is 0 Å². The van der Waals surface area contributed by atoms with Crippen LogP contribution in [0.15, 0.2) is 57.9 Å². The maximum Gasteiger partial charge on any atom is 0.338 e. The van der Waals surface area contributed by atoms with Crippen LogP contribution in [0.4, 0.5) is 0 Å². The number of amides is 1. The van der Waals surface area contributed by atoms with E-state index in [1.807, 2.05) is 43.3 Å². The van der Waals surface area contributed by atoms with Gasteiger partial charge >= 0.3 is 5.97 Å². The molecule has 0 fully saturated rings. The van der Waals surface area contributed by atoms with Crippen molar-refractivity contribution in [2.24, 2.45) is 0 Å². The number of aryl methyl sites for hydroxylation is 1. The van der Waals surface area contributed by atoms with Crippen molar-refractivity contribution in [3.63, 3.8) is 0 Å². The van der Waals surface area contributed by atoms with Crippen LogP contribution in [0.5, 0.6) is 0 Å². The molecule has 0 unspecified atom stereocenters. The molecule has 1 amide bonds. The van der Waals surface area contributed by atoms with Crippen molar-refractivity contribution in [3.05, 3.63) is 64.1 Å². The van der Waals surface area contributed by atoms with E-state index in [0.29, 0.717) is 12.1 Å². The average Bonchev–Trinajstić information content (AvgIpc) is 2.59. The van der Waals surface area contributed by atoms with Gasteiger partial charge in [-0.1, -0.05) is 33.6 Å². The van der Waals surface area contributed by atoms with Crippen molar-refractivity contribution in [1.82, 2.24) is 5.32 Å². The second kappa shape index (κ2) is 9.49. The highest BCUT2D eigenvalue weighted by molar-refractivity contribution is 9.10. The van der Waals surface area contributed by atoms with Crippen LogP contribution in [0, 0.1) is 6.92 Å². The maximum atomic E-state index is 11.8. The van der Waals surface area contributed by atoms with E-state index in [4.69, 9.17) is 4.74 Å². The molecule has 126 valence electrons. The zero-order valence-corrected chi connectivity index (χ0v) is 15.7. The van der Waals surface area contributed by atoms with Gasteiger partial charge in [-0.2, -0.15) is 0 Å². The second-order valence-corrected chi connectivity index (χ2v) is 7.18. The SMILES string of the molecule is Cc1ccc(C(=O)OCC(=O)NCCSc2ccc(Br)cc2)cc1. The standard InChI is InChI=1S/C18H18BrNO3S/c1-13-2-4-14(5-3-13)18(22)23-12-17(21)20-10-11-24-16-8-6-15(19)7-9-16/h2-9H,10-12H2,1H3,(H,20,21). The molecule has 6 heteroatoms. The van der Waals surface area contributed by atoms with E-state index in [1.165, 1.54) is 0 Å². The number of ether oxygens (including phenoxy) is 1. The summed E-state index contributed by atoms with van der Waals surface area (Å²) in [5.74, 6) is -0.0412. The Bertz CT molecular complexity index is 686. The van der Waals surface area contributed by atoms with Gasteiger partial charge in [0.1, 0.15) is 0 Å². The van der Waals surface area contributed by atoms with Crippen LogP contribution in [-0.2, 0) is 9.53 Å². The number of nitrogens with one attached hydrogen (secondary N) is 1. The molecule has 2 aromatic rings. The summed E-state index contributed by atoms with van der Waals surface area (Å²) in [5, 5.41) is 2.73. The molecule has 0 aliphatic carbocycles. The van der Waals surface area contributed by atoms with Gasteiger partial charge in [0.05, 0.1) is 5.56 Å². The quantitative estimate of drug-likeness (QED) is 0.430. The second-order valence-electron chi connectivity index (χ2n) is 5.09. The largest absolute Gasteiger partial charge is 0.452 e. The average molecular weight is 408 g/mol. The highest BCUT2D eigenvalue weighted by Crippen LogP contribution is 2.19. The Balaban J connectivity index is 1.63. The molecular weight excluding hydrogens is 390 g/mol. The molecule has 24 heavy (non-hydrogen) atoms. The molecular formula is C18H18BrNO3S. The number of benzene rings is 2. The van der Waals surface area contributed by atoms with Crippen LogP contribution >= 0.6 is 27.7 Å². The van der Waals surface area contributed by atoms with E-state index in [9.17, 15) is 9.59 Å². The summed E-state index contributed by atoms with van der Waals surface area (Å²) < 4.78 is 6.03. The Labute approximate surface area is 154 Å². The van der Waals surface area contributed by atoms with Crippen molar-refractivity contribution in [1.29, 1.82) is 0 Å². The number of carbonyl (C=O) groups is 2. The fourth-order valence-electron chi connectivity index (χ4n) is 1.85. The van der Waals surface area contributed by atoms with Crippen molar-refractivity contribution in [3.8, 4) is 0 Å². The van der Waals surface area contributed by atoms with Crippen LogP contribution in [0.25, 0.3) is 0 Å². The summed E-state index contributed by atoms with van der Waals surface area (Å²) in [6.07, 6.45) is 0. The number of thioether (sulfide) groups is 1. The Hall–Kier alpha value is -1.79. The number of rotatable bonds is 7. The van der Waals surface area contributed by atoms with Gasteiger partial charge in [0.25, 0.3) is 5.91 Å². The first kappa shape index (κ1) is 18.5. The summed E-state index contributed by atoms with van der Waals surface area (Å²) in [6.45, 7) is 2.19. The van der Waals surface area contributed by atoms with Crippen molar-refractivity contribution in [2.45, 2.75) is 11.8 Å². The molecule has 0 heterocycles. The molecule has 0 spiro atoms. The third kappa shape index (κ3) is 6.37. The van der Waals surface area contributed by atoms with Crippen molar-refractivity contribution in [2.75, 3.05) is 18.9 Å². The summed E-state index contributed by atoms with van der Waals surface area (Å²) >= 11 is 5.04. The lowest BCUT2D eigenvalue weighted by atomic mass is 10.1. The summed E-state index contributed by atoms with van der Waals surface area (Å²) in [7, 11) is 0. The molecule has 0 bridgehead atoms. The van der Waals surface area contributed by atoms with Crippen molar-refractivity contribution < 1.29 is 14.3 Å². The van der Waals surface area contributed by atoms with E-state index in [1.54, 1.807) is 23.9 Å². The van der Waals surface area contributed by atoms with Gasteiger partial charge in [-0.15, -0.1) is 11.8 Å². The topological polar surface area (TPSA) is 55.4 Å². The maximum absolute atomic E-state index is 11.8. The van der Waals surface area contributed by atoms with Crippen molar-refractivity contribution >= 4 is 39.6 Å². The molecule has 1 N–H and O–H groups in total. The zero-order valence-electron chi connectivity index (χ0n) is 13.3. The van der Waals surface area contributed by atoms with Crippen LogP contribution in [-0.4, -0.2) is 30.8 Å². The molecule has 2 aromatic carbocycles. The minimum absolute atomic E-state index is 0.268. The number of hydrogen-bond acceptors (Lipinski definition) is 4. The normalized spacial score (nSPS) is 10.2. The Kier molecular flexibility index (Phi) is 7.34.